The van der Waals surface area contributed by atoms with Gasteiger partial charge in [-0.1, -0.05) is 36.4 Å². The molecule has 1 amide bonds. The van der Waals surface area contributed by atoms with E-state index in [-0.39, 0.29) is 11.9 Å². The molecule has 1 fully saturated rings. The molecule has 5 heteroatoms. The Morgan fingerprint density at radius 3 is 2.89 bits per heavy atom. The number of ether oxygens (including phenoxy) is 1. The van der Waals surface area contributed by atoms with Crippen molar-refractivity contribution in [3.8, 4) is 5.75 Å². The number of nitrogens with zero attached hydrogens (tertiary/aromatic N) is 2. The normalized spacial score (nSPS) is 16.9. The second-order valence-corrected chi connectivity index (χ2v) is 7.04. The number of fused-ring (bicyclic) bond motifs is 1. The van der Waals surface area contributed by atoms with Crippen LogP contribution in [0, 0.1) is 0 Å². The quantitative estimate of drug-likeness (QED) is 0.743. The molecule has 0 spiro atoms. The number of rotatable bonds is 5. The van der Waals surface area contributed by atoms with Crippen LogP contribution in [0.15, 0.2) is 60.8 Å². The van der Waals surface area contributed by atoms with Gasteiger partial charge in [-0.3, -0.25) is 9.78 Å². The largest absolute Gasteiger partial charge is 0.496 e. The number of methoxy groups -OCH3 is 1. The lowest BCUT2D eigenvalue weighted by Gasteiger charge is -2.37. The summed E-state index contributed by atoms with van der Waals surface area (Å²) in [4.78, 5) is 19.5. The number of hydrogen-bond acceptors (Lipinski definition) is 4. The fourth-order valence-electron chi connectivity index (χ4n) is 3.98. The molecule has 4 rings (SSSR count). The summed E-state index contributed by atoms with van der Waals surface area (Å²) < 4.78 is 5.53. The first-order valence-electron chi connectivity index (χ1n) is 9.73. The van der Waals surface area contributed by atoms with Crippen LogP contribution in [-0.4, -0.2) is 42.5 Å². The Bertz CT molecular complexity index is 967. The molecule has 3 aromatic rings. The van der Waals surface area contributed by atoms with Gasteiger partial charge in [-0.25, -0.2) is 0 Å². The van der Waals surface area contributed by atoms with Gasteiger partial charge in [0.05, 0.1) is 18.7 Å². The molecule has 1 aliphatic heterocycles. The van der Waals surface area contributed by atoms with E-state index in [4.69, 9.17) is 4.74 Å². The van der Waals surface area contributed by atoms with E-state index in [1.807, 2.05) is 59.6 Å². The summed E-state index contributed by atoms with van der Waals surface area (Å²) in [7, 11) is 1.68. The van der Waals surface area contributed by atoms with Crippen molar-refractivity contribution in [1.29, 1.82) is 0 Å². The lowest BCUT2D eigenvalue weighted by atomic mass is 10.00. The Balaban J connectivity index is 1.52. The number of aryl methyl sites for hydroxylation is 1. The molecule has 0 radical (unpaired) electrons. The number of aromatic nitrogens is 1. The summed E-state index contributed by atoms with van der Waals surface area (Å²) in [5.74, 6) is 1.01. The first-order valence-corrected chi connectivity index (χ1v) is 9.73. The van der Waals surface area contributed by atoms with Gasteiger partial charge in [-0.05, 0) is 30.2 Å². The summed E-state index contributed by atoms with van der Waals surface area (Å²) in [6.07, 6.45) is 3.02. The molecule has 0 aliphatic carbocycles. The molecule has 1 aromatic heterocycles. The second kappa shape index (κ2) is 8.40. The molecule has 2 aromatic carbocycles. The summed E-state index contributed by atoms with van der Waals surface area (Å²) in [6.45, 7) is 2.26. The van der Waals surface area contributed by atoms with Crippen molar-refractivity contribution < 1.29 is 9.53 Å². The Morgan fingerprint density at radius 2 is 2.00 bits per heavy atom. The monoisotopic (exact) mass is 375 g/mol. The fraction of sp³-hybridized carbons (Fsp3) is 0.304. The Kier molecular flexibility index (Phi) is 5.53. The molecule has 5 nitrogen and oxygen atoms in total. The maximum Gasteiger partial charge on any atom is 0.223 e. The molecular weight excluding hydrogens is 350 g/mol. The number of carbonyl (C=O) groups excluding carboxylic acids is 1. The minimum absolute atomic E-state index is 0.00779. The van der Waals surface area contributed by atoms with Crippen LogP contribution in [0.1, 0.15) is 23.6 Å². The Hall–Kier alpha value is -2.92. The summed E-state index contributed by atoms with van der Waals surface area (Å²) in [5.41, 5.74) is 3.20. The zero-order chi connectivity index (χ0) is 19.3. The second-order valence-electron chi connectivity index (χ2n) is 7.04. The van der Waals surface area contributed by atoms with Crippen molar-refractivity contribution in [2.75, 3.05) is 26.7 Å². The van der Waals surface area contributed by atoms with Crippen molar-refractivity contribution in [3.05, 3.63) is 71.9 Å². The number of nitrogens with one attached hydrogen (secondary N) is 1. The van der Waals surface area contributed by atoms with Gasteiger partial charge in [-0.15, -0.1) is 0 Å². The van der Waals surface area contributed by atoms with Gasteiger partial charge in [-0.2, -0.15) is 0 Å². The topological polar surface area (TPSA) is 54.5 Å². The molecule has 1 N–H and O–H groups in total. The molecule has 144 valence electrons. The number of amides is 1. The van der Waals surface area contributed by atoms with E-state index in [0.29, 0.717) is 19.4 Å². The highest BCUT2D eigenvalue weighted by atomic mass is 16.5. The highest BCUT2D eigenvalue weighted by molar-refractivity contribution is 5.83. The van der Waals surface area contributed by atoms with Crippen LogP contribution in [0.3, 0.4) is 0 Å². The molecule has 28 heavy (non-hydrogen) atoms. The first kappa shape index (κ1) is 18.4. The third-order valence-electron chi connectivity index (χ3n) is 5.41. The van der Waals surface area contributed by atoms with Gasteiger partial charge in [0.25, 0.3) is 0 Å². The van der Waals surface area contributed by atoms with Crippen LogP contribution in [0.5, 0.6) is 5.75 Å². The van der Waals surface area contributed by atoms with Crippen LogP contribution in [0.2, 0.25) is 0 Å². The van der Waals surface area contributed by atoms with Crippen molar-refractivity contribution >= 4 is 16.8 Å². The third kappa shape index (κ3) is 3.71. The Labute approximate surface area is 165 Å². The van der Waals surface area contributed by atoms with Crippen LogP contribution >= 0.6 is 0 Å². The third-order valence-corrected chi connectivity index (χ3v) is 5.41. The molecule has 0 bridgehead atoms. The fourth-order valence-corrected chi connectivity index (χ4v) is 3.98. The van der Waals surface area contributed by atoms with Gasteiger partial charge in [0.2, 0.25) is 5.91 Å². The molecule has 0 saturated carbocycles. The van der Waals surface area contributed by atoms with E-state index >= 15 is 0 Å². The lowest BCUT2D eigenvalue weighted by molar-refractivity contribution is -0.134. The van der Waals surface area contributed by atoms with Crippen molar-refractivity contribution in [2.24, 2.45) is 0 Å². The van der Waals surface area contributed by atoms with Gasteiger partial charge < -0.3 is 15.0 Å². The number of carbonyl (C=O) groups is 1. The van der Waals surface area contributed by atoms with Crippen LogP contribution < -0.4 is 10.1 Å². The first-order chi connectivity index (χ1) is 13.8. The molecular formula is C23H25N3O2. The van der Waals surface area contributed by atoms with E-state index < -0.39 is 0 Å². The van der Waals surface area contributed by atoms with Gasteiger partial charge in [0.15, 0.2) is 0 Å². The van der Waals surface area contributed by atoms with Gasteiger partial charge in [0.1, 0.15) is 5.75 Å². The van der Waals surface area contributed by atoms with Crippen molar-refractivity contribution in [3.63, 3.8) is 0 Å². The smallest absolute Gasteiger partial charge is 0.223 e. The highest BCUT2D eigenvalue weighted by Crippen LogP contribution is 2.30. The predicted molar refractivity (Wildman–Crippen MR) is 110 cm³/mol. The van der Waals surface area contributed by atoms with E-state index in [1.54, 1.807) is 7.11 Å². The zero-order valence-electron chi connectivity index (χ0n) is 16.1. The molecule has 1 unspecified atom stereocenters. The van der Waals surface area contributed by atoms with E-state index in [9.17, 15) is 4.79 Å². The lowest BCUT2D eigenvalue weighted by Crippen LogP contribution is -2.48. The summed E-state index contributed by atoms with van der Waals surface area (Å²) in [6, 6.07) is 18.1. The maximum atomic E-state index is 13.1. The molecule has 1 aliphatic rings. The number of benzene rings is 2. The van der Waals surface area contributed by atoms with E-state index in [1.165, 1.54) is 5.56 Å². The average molecular weight is 375 g/mol. The van der Waals surface area contributed by atoms with Crippen molar-refractivity contribution in [1.82, 2.24) is 15.2 Å². The number of hydrogen-bond donors (Lipinski definition) is 1. The number of piperazine rings is 1. The average Bonchev–Trinajstić information content (AvgIpc) is 2.77. The van der Waals surface area contributed by atoms with Gasteiger partial charge in [0, 0.05) is 43.2 Å². The molecule has 2 heterocycles. The van der Waals surface area contributed by atoms with Crippen molar-refractivity contribution in [2.45, 2.75) is 18.9 Å². The SMILES string of the molecule is COc1ccccc1C1CNCCN1C(=O)CCc1ccnc2ccccc12. The summed E-state index contributed by atoms with van der Waals surface area (Å²) in [5, 5.41) is 4.53. The Morgan fingerprint density at radius 1 is 1.18 bits per heavy atom. The number of para-hydroxylation sites is 2. The molecule has 1 saturated heterocycles. The van der Waals surface area contributed by atoms with Crippen LogP contribution in [0.25, 0.3) is 10.9 Å². The molecule has 1 atom stereocenters. The minimum atomic E-state index is -0.00779. The highest BCUT2D eigenvalue weighted by Gasteiger charge is 2.29. The van der Waals surface area contributed by atoms with E-state index in [0.717, 1.165) is 35.3 Å². The zero-order valence-corrected chi connectivity index (χ0v) is 16.1. The van der Waals surface area contributed by atoms with E-state index in [2.05, 4.69) is 16.4 Å². The van der Waals surface area contributed by atoms with Crippen LogP contribution in [-0.2, 0) is 11.2 Å². The van der Waals surface area contributed by atoms with Crippen LogP contribution in [0.4, 0.5) is 0 Å². The number of pyridine rings is 1. The summed E-state index contributed by atoms with van der Waals surface area (Å²) >= 11 is 0. The standard InChI is InChI=1S/C23H25N3O2/c1-28-22-9-5-3-7-19(22)21-16-24-14-15-26(21)23(27)11-10-17-12-13-25-20-8-4-2-6-18(17)20/h2-9,12-13,21,24H,10-11,14-16H2,1H3. The van der Waals surface area contributed by atoms with Gasteiger partial charge >= 0.3 is 0 Å². The minimum Gasteiger partial charge on any atom is -0.496 e. The maximum absolute atomic E-state index is 13.1. The predicted octanol–water partition coefficient (Wildman–Crippen LogP) is 3.35.